The number of hydrogen-bond donors (Lipinski definition) is 1. The van der Waals surface area contributed by atoms with Crippen LogP contribution < -0.4 is 10.2 Å². The Bertz CT molecular complexity index is 815. The molecule has 1 aliphatic heterocycles. The minimum atomic E-state index is 0.0521. The molecule has 1 atom stereocenters. The van der Waals surface area contributed by atoms with E-state index in [1.54, 1.807) is 0 Å². The van der Waals surface area contributed by atoms with Crippen LogP contribution in [-0.2, 0) is 11.8 Å². The first-order chi connectivity index (χ1) is 13.5. The number of nitrogens with one attached hydrogen (secondary N) is 1. The molecule has 1 N–H and O–H groups in total. The number of aryl methyl sites for hydroxylation is 3. The van der Waals surface area contributed by atoms with Crippen molar-refractivity contribution in [3.63, 3.8) is 0 Å². The van der Waals surface area contributed by atoms with Gasteiger partial charge in [-0.05, 0) is 57.4 Å². The Morgan fingerprint density at radius 1 is 1.18 bits per heavy atom. The Morgan fingerprint density at radius 2 is 1.86 bits per heavy atom. The number of carbonyl (C=O) groups is 1. The highest BCUT2D eigenvalue weighted by atomic mass is 16.1. The third kappa shape index (κ3) is 4.34. The van der Waals surface area contributed by atoms with Gasteiger partial charge in [-0.2, -0.15) is 0 Å². The molecule has 0 radical (unpaired) electrons. The standard InChI is InChI=1S/C21H30N6O/c1-14-12-15(2)24-21(23-14)27-9-6-16(7-10-27)13-18(28)25-19(17-4-5-17)20-22-8-11-26(20)3/h8,11-12,16-17,19H,4-7,9-10,13H2,1-3H3,(H,25,28)/t19-/m0/s1. The van der Waals surface area contributed by atoms with E-state index in [2.05, 4.69) is 25.2 Å². The summed E-state index contributed by atoms with van der Waals surface area (Å²) in [5.41, 5.74) is 2.01. The van der Waals surface area contributed by atoms with E-state index >= 15 is 0 Å². The Morgan fingerprint density at radius 3 is 2.43 bits per heavy atom. The van der Waals surface area contributed by atoms with Gasteiger partial charge in [-0.3, -0.25) is 4.79 Å². The lowest BCUT2D eigenvalue weighted by molar-refractivity contribution is -0.123. The van der Waals surface area contributed by atoms with Crippen molar-refractivity contribution in [2.45, 2.75) is 52.0 Å². The molecule has 0 aromatic carbocycles. The van der Waals surface area contributed by atoms with E-state index < -0.39 is 0 Å². The smallest absolute Gasteiger partial charge is 0.225 e. The van der Waals surface area contributed by atoms with Crippen LogP contribution in [0.2, 0.25) is 0 Å². The Balaban J connectivity index is 1.30. The lowest BCUT2D eigenvalue weighted by Gasteiger charge is -2.32. The maximum Gasteiger partial charge on any atom is 0.225 e. The second-order valence-corrected chi connectivity index (χ2v) is 8.36. The topological polar surface area (TPSA) is 75.9 Å². The molecule has 2 fully saturated rings. The van der Waals surface area contributed by atoms with Gasteiger partial charge in [0.1, 0.15) is 5.82 Å². The molecule has 28 heavy (non-hydrogen) atoms. The number of nitrogens with zero attached hydrogens (tertiary/aromatic N) is 5. The highest BCUT2D eigenvalue weighted by molar-refractivity contribution is 5.76. The van der Waals surface area contributed by atoms with Crippen molar-refractivity contribution in [1.29, 1.82) is 0 Å². The molecule has 1 aliphatic carbocycles. The van der Waals surface area contributed by atoms with Crippen molar-refractivity contribution in [2.24, 2.45) is 18.9 Å². The number of imidazole rings is 1. The van der Waals surface area contributed by atoms with Crippen molar-refractivity contribution in [2.75, 3.05) is 18.0 Å². The van der Waals surface area contributed by atoms with Crippen LogP contribution in [0.25, 0.3) is 0 Å². The predicted octanol–water partition coefficient (Wildman–Crippen LogP) is 2.70. The first-order valence-corrected chi connectivity index (χ1v) is 10.3. The minimum Gasteiger partial charge on any atom is -0.346 e. The van der Waals surface area contributed by atoms with Crippen LogP contribution in [0, 0.1) is 25.7 Å². The molecule has 4 rings (SSSR count). The maximum atomic E-state index is 12.7. The zero-order chi connectivity index (χ0) is 19.7. The summed E-state index contributed by atoms with van der Waals surface area (Å²) < 4.78 is 2.02. The molecule has 2 aliphatic rings. The molecule has 1 saturated heterocycles. The van der Waals surface area contributed by atoms with Crippen LogP contribution in [0.15, 0.2) is 18.5 Å². The number of anilines is 1. The fraction of sp³-hybridized carbons (Fsp3) is 0.619. The molecule has 2 aromatic rings. The summed E-state index contributed by atoms with van der Waals surface area (Å²) in [6.45, 7) is 5.83. The minimum absolute atomic E-state index is 0.0521. The summed E-state index contributed by atoms with van der Waals surface area (Å²) >= 11 is 0. The highest BCUT2D eigenvalue weighted by Crippen LogP contribution is 2.40. The second kappa shape index (κ2) is 7.89. The molecule has 1 amide bonds. The molecule has 0 unspecified atom stereocenters. The highest BCUT2D eigenvalue weighted by Gasteiger charge is 2.36. The molecule has 3 heterocycles. The molecule has 7 nitrogen and oxygen atoms in total. The van der Waals surface area contributed by atoms with Gasteiger partial charge in [0.15, 0.2) is 0 Å². The lowest BCUT2D eigenvalue weighted by Crippen LogP contribution is -2.38. The van der Waals surface area contributed by atoms with Gasteiger partial charge in [-0.15, -0.1) is 0 Å². The number of hydrogen-bond acceptors (Lipinski definition) is 5. The third-order valence-electron chi connectivity index (χ3n) is 5.89. The van der Waals surface area contributed by atoms with Crippen LogP contribution in [0.5, 0.6) is 0 Å². The molecule has 1 saturated carbocycles. The van der Waals surface area contributed by atoms with Crippen LogP contribution >= 0.6 is 0 Å². The zero-order valence-electron chi connectivity index (χ0n) is 17.1. The van der Waals surface area contributed by atoms with Crippen LogP contribution in [0.4, 0.5) is 5.95 Å². The summed E-state index contributed by atoms with van der Waals surface area (Å²) in [4.78, 5) is 28.6. The van der Waals surface area contributed by atoms with Gasteiger partial charge in [-0.25, -0.2) is 15.0 Å². The van der Waals surface area contributed by atoms with Crippen molar-refractivity contribution in [1.82, 2.24) is 24.8 Å². The van der Waals surface area contributed by atoms with Crippen molar-refractivity contribution in [3.05, 3.63) is 35.7 Å². The fourth-order valence-electron chi connectivity index (χ4n) is 4.18. The van der Waals surface area contributed by atoms with Crippen molar-refractivity contribution in [3.8, 4) is 0 Å². The van der Waals surface area contributed by atoms with Gasteiger partial charge in [-0.1, -0.05) is 0 Å². The van der Waals surface area contributed by atoms with Gasteiger partial charge < -0.3 is 14.8 Å². The van der Waals surface area contributed by atoms with Gasteiger partial charge >= 0.3 is 0 Å². The normalized spacial score (nSPS) is 18.9. The molecule has 7 heteroatoms. The van der Waals surface area contributed by atoms with E-state index in [0.29, 0.717) is 18.3 Å². The predicted molar refractivity (Wildman–Crippen MR) is 108 cm³/mol. The summed E-state index contributed by atoms with van der Waals surface area (Å²) in [6.07, 6.45) is 8.69. The third-order valence-corrected chi connectivity index (χ3v) is 5.89. The molecule has 0 bridgehead atoms. The van der Waals surface area contributed by atoms with E-state index in [9.17, 15) is 4.79 Å². The molecule has 150 valence electrons. The van der Waals surface area contributed by atoms with Crippen molar-refractivity contribution >= 4 is 11.9 Å². The average Bonchev–Trinajstić information content (AvgIpc) is 3.41. The summed E-state index contributed by atoms with van der Waals surface area (Å²) in [6, 6.07) is 2.05. The fourth-order valence-corrected chi connectivity index (χ4v) is 4.18. The largest absolute Gasteiger partial charge is 0.346 e. The van der Waals surface area contributed by atoms with E-state index in [1.165, 1.54) is 12.8 Å². The number of piperidine rings is 1. The first kappa shape index (κ1) is 18.9. The summed E-state index contributed by atoms with van der Waals surface area (Å²) in [7, 11) is 1.99. The van der Waals surface area contributed by atoms with Gasteiger partial charge in [0.25, 0.3) is 0 Å². The summed E-state index contributed by atoms with van der Waals surface area (Å²) in [5.74, 6) is 2.90. The monoisotopic (exact) mass is 382 g/mol. The number of amides is 1. The molecular formula is C21H30N6O. The van der Waals surface area contributed by atoms with Crippen LogP contribution in [0.1, 0.15) is 55.4 Å². The van der Waals surface area contributed by atoms with Gasteiger partial charge in [0.2, 0.25) is 11.9 Å². The number of aromatic nitrogens is 4. The second-order valence-electron chi connectivity index (χ2n) is 8.36. The first-order valence-electron chi connectivity index (χ1n) is 10.3. The molecule has 2 aromatic heterocycles. The van der Waals surface area contributed by atoms with E-state index in [-0.39, 0.29) is 11.9 Å². The number of rotatable bonds is 6. The Kier molecular flexibility index (Phi) is 5.33. The maximum absolute atomic E-state index is 12.7. The quantitative estimate of drug-likeness (QED) is 0.831. The lowest BCUT2D eigenvalue weighted by atomic mass is 9.93. The van der Waals surface area contributed by atoms with E-state index in [4.69, 9.17) is 0 Å². The van der Waals surface area contributed by atoms with E-state index in [0.717, 1.165) is 49.1 Å². The molecule has 0 spiro atoms. The van der Waals surface area contributed by atoms with Crippen LogP contribution in [-0.4, -0.2) is 38.5 Å². The SMILES string of the molecule is Cc1cc(C)nc(N2CCC(CC(=O)N[C@H](c3nccn3C)C3CC3)CC2)n1. The average molecular weight is 383 g/mol. The Hall–Kier alpha value is -2.44. The van der Waals surface area contributed by atoms with Gasteiger partial charge in [0.05, 0.1) is 6.04 Å². The van der Waals surface area contributed by atoms with E-state index in [1.807, 2.05) is 43.9 Å². The zero-order valence-corrected chi connectivity index (χ0v) is 17.1. The van der Waals surface area contributed by atoms with Crippen LogP contribution in [0.3, 0.4) is 0 Å². The Labute approximate surface area is 166 Å². The number of carbonyl (C=O) groups excluding carboxylic acids is 1. The summed E-state index contributed by atoms with van der Waals surface area (Å²) in [5, 5.41) is 3.27. The molecular weight excluding hydrogens is 352 g/mol. The van der Waals surface area contributed by atoms with Crippen molar-refractivity contribution < 1.29 is 4.79 Å². The van der Waals surface area contributed by atoms with Gasteiger partial charge in [0, 0.05) is 50.3 Å².